The molecule has 0 unspecified atom stereocenters. The van der Waals surface area contributed by atoms with Crippen molar-refractivity contribution in [1.82, 2.24) is 14.8 Å². The molecule has 3 aromatic rings. The Bertz CT molecular complexity index is 969. The zero-order valence-corrected chi connectivity index (χ0v) is 17.8. The lowest BCUT2D eigenvalue weighted by Gasteiger charge is -2.10. The van der Waals surface area contributed by atoms with Gasteiger partial charge in [-0.3, -0.25) is 4.57 Å². The van der Waals surface area contributed by atoms with Crippen LogP contribution in [-0.2, 0) is 12.3 Å². The molecule has 0 N–H and O–H groups in total. The van der Waals surface area contributed by atoms with Crippen LogP contribution >= 0.6 is 35.0 Å². The summed E-state index contributed by atoms with van der Waals surface area (Å²) < 4.78 is 12.7. The Balaban J connectivity index is 1.91. The summed E-state index contributed by atoms with van der Waals surface area (Å²) in [6, 6.07) is 11.2. The Morgan fingerprint density at radius 3 is 2.36 bits per heavy atom. The van der Waals surface area contributed by atoms with Gasteiger partial charge < -0.3 is 9.47 Å². The molecule has 0 aliphatic carbocycles. The van der Waals surface area contributed by atoms with E-state index in [4.69, 9.17) is 32.7 Å². The van der Waals surface area contributed by atoms with Crippen LogP contribution < -0.4 is 9.47 Å². The van der Waals surface area contributed by atoms with E-state index in [-0.39, 0.29) is 0 Å². The highest BCUT2D eigenvalue weighted by Gasteiger charge is 2.16. The maximum absolute atomic E-state index is 6.11. The SMILES string of the molecule is C=CCn1c(SCc2ccc(Cl)c(Cl)c2)nnc1-c1cc(OC)cc(OC)c1. The first kappa shape index (κ1) is 20.6. The third kappa shape index (κ3) is 4.63. The molecule has 0 fully saturated rings. The van der Waals surface area contributed by atoms with E-state index in [1.165, 1.54) is 0 Å². The first-order valence-corrected chi connectivity index (χ1v) is 10.1. The fourth-order valence-electron chi connectivity index (χ4n) is 2.62. The van der Waals surface area contributed by atoms with Crippen molar-refractivity contribution in [2.75, 3.05) is 14.2 Å². The number of thioether (sulfide) groups is 1. The number of methoxy groups -OCH3 is 2. The molecule has 0 bridgehead atoms. The van der Waals surface area contributed by atoms with Gasteiger partial charge in [0.15, 0.2) is 11.0 Å². The molecule has 1 aromatic heterocycles. The van der Waals surface area contributed by atoms with E-state index in [2.05, 4.69) is 16.8 Å². The number of allylic oxidation sites excluding steroid dienone is 1. The number of halogens is 2. The number of ether oxygens (including phenoxy) is 2. The molecule has 3 rings (SSSR count). The molecule has 0 amide bonds. The number of nitrogens with zero attached hydrogens (tertiary/aromatic N) is 3. The molecule has 0 spiro atoms. The van der Waals surface area contributed by atoms with Gasteiger partial charge in [-0.1, -0.05) is 47.1 Å². The molecule has 146 valence electrons. The first-order chi connectivity index (χ1) is 13.5. The zero-order valence-electron chi connectivity index (χ0n) is 15.5. The molecule has 2 aromatic carbocycles. The molecule has 0 saturated heterocycles. The van der Waals surface area contributed by atoms with Crippen molar-refractivity contribution in [1.29, 1.82) is 0 Å². The van der Waals surface area contributed by atoms with Crippen LogP contribution in [0.4, 0.5) is 0 Å². The minimum absolute atomic E-state index is 0.538. The van der Waals surface area contributed by atoms with Crippen molar-refractivity contribution in [2.45, 2.75) is 17.5 Å². The Kier molecular flexibility index (Phi) is 6.88. The van der Waals surface area contributed by atoms with Crippen LogP contribution in [-0.4, -0.2) is 29.0 Å². The Hall–Kier alpha value is -2.15. The fraction of sp³-hybridized carbons (Fsp3) is 0.200. The summed E-state index contributed by atoms with van der Waals surface area (Å²) in [6.45, 7) is 4.43. The van der Waals surface area contributed by atoms with Crippen molar-refractivity contribution in [3.8, 4) is 22.9 Å². The van der Waals surface area contributed by atoms with E-state index in [9.17, 15) is 0 Å². The van der Waals surface area contributed by atoms with Crippen molar-refractivity contribution in [2.24, 2.45) is 0 Å². The summed E-state index contributed by atoms with van der Waals surface area (Å²) in [5.74, 6) is 2.78. The van der Waals surface area contributed by atoms with Gasteiger partial charge >= 0.3 is 0 Å². The van der Waals surface area contributed by atoms with Gasteiger partial charge in [0.25, 0.3) is 0 Å². The van der Waals surface area contributed by atoms with Crippen LogP contribution in [0.1, 0.15) is 5.56 Å². The normalized spacial score (nSPS) is 10.7. The van der Waals surface area contributed by atoms with Gasteiger partial charge in [-0.25, -0.2) is 0 Å². The van der Waals surface area contributed by atoms with E-state index >= 15 is 0 Å². The van der Waals surface area contributed by atoms with Crippen molar-refractivity contribution in [3.05, 3.63) is 64.7 Å². The Morgan fingerprint density at radius 1 is 1.04 bits per heavy atom. The highest BCUT2D eigenvalue weighted by atomic mass is 35.5. The third-order valence-electron chi connectivity index (χ3n) is 3.99. The second kappa shape index (κ2) is 9.37. The Labute approximate surface area is 178 Å². The van der Waals surface area contributed by atoms with Crippen molar-refractivity contribution in [3.63, 3.8) is 0 Å². The quantitative estimate of drug-likeness (QED) is 0.333. The van der Waals surface area contributed by atoms with Crippen LogP contribution in [0.3, 0.4) is 0 Å². The van der Waals surface area contributed by atoms with E-state index < -0.39 is 0 Å². The molecular formula is C20H19Cl2N3O2S. The maximum atomic E-state index is 6.11. The predicted molar refractivity (Wildman–Crippen MR) is 115 cm³/mol. The summed E-state index contributed by atoms with van der Waals surface area (Å²) in [7, 11) is 3.23. The van der Waals surface area contributed by atoms with Gasteiger partial charge in [-0.15, -0.1) is 16.8 Å². The van der Waals surface area contributed by atoms with Crippen molar-refractivity contribution < 1.29 is 9.47 Å². The number of aromatic nitrogens is 3. The van der Waals surface area contributed by atoms with Crippen molar-refractivity contribution >= 4 is 35.0 Å². The zero-order chi connectivity index (χ0) is 20.1. The highest BCUT2D eigenvalue weighted by Crippen LogP contribution is 2.32. The summed E-state index contributed by atoms with van der Waals surface area (Å²) in [5, 5.41) is 10.6. The van der Waals surface area contributed by atoms with E-state index in [1.807, 2.05) is 41.0 Å². The monoisotopic (exact) mass is 435 g/mol. The second-order valence-electron chi connectivity index (χ2n) is 5.84. The van der Waals surface area contributed by atoms with Crippen LogP contribution in [0.2, 0.25) is 10.0 Å². The second-order valence-corrected chi connectivity index (χ2v) is 7.60. The van der Waals surface area contributed by atoms with Gasteiger partial charge in [0.05, 0.1) is 24.3 Å². The maximum Gasteiger partial charge on any atom is 0.192 e. The summed E-state index contributed by atoms with van der Waals surface area (Å²) in [6.07, 6.45) is 1.81. The number of hydrogen-bond acceptors (Lipinski definition) is 5. The lowest BCUT2D eigenvalue weighted by atomic mass is 10.2. The van der Waals surface area contributed by atoms with Crippen LogP contribution in [0.15, 0.2) is 54.2 Å². The predicted octanol–water partition coefficient (Wildman–Crippen LogP) is 5.75. The minimum Gasteiger partial charge on any atom is -0.497 e. The molecule has 5 nitrogen and oxygen atoms in total. The molecule has 0 radical (unpaired) electrons. The lowest BCUT2D eigenvalue weighted by Crippen LogP contribution is -2.01. The molecule has 28 heavy (non-hydrogen) atoms. The highest BCUT2D eigenvalue weighted by molar-refractivity contribution is 7.98. The molecular weight excluding hydrogens is 417 g/mol. The lowest BCUT2D eigenvalue weighted by molar-refractivity contribution is 0.394. The molecule has 0 atom stereocenters. The Morgan fingerprint density at radius 2 is 1.75 bits per heavy atom. The number of hydrogen-bond donors (Lipinski definition) is 0. The topological polar surface area (TPSA) is 49.2 Å². The van der Waals surface area contributed by atoms with Gasteiger partial charge in [-0.2, -0.15) is 0 Å². The molecule has 0 aliphatic rings. The van der Waals surface area contributed by atoms with E-state index in [1.54, 1.807) is 32.0 Å². The molecule has 8 heteroatoms. The molecule has 1 heterocycles. The third-order valence-corrected chi connectivity index (χ3v) is 5.77. The molecule has 0 aliphatic heterocycles. The minimum atomic E-state index is 0.538. The number of rotatable bonds is 8. The van der Waals surface area contributed by atoms with Gasteiger partial charge in [0.1, 0.15) is 11.5 Å². The van der Waals surface area contributed by atoms with Crippen LogP contribution in [0.5, 0.6) is 11.5 Å². The summed E-state index contributed by atoms with van der Waals surface area (Å²) in [4.78, 5) is 0. The van der Waals surface area contributed by atoms with Gasteiger partial charge in [-0.05, 0) is 29.8 Å². The average Bonchev–Trinajstić information content (AvgIpc) is 3.11. The standard InChI is InChI=1S/C20H19Cl2N3O2S/c1-4-7-25-19(14-9-15(26-2)11-16(10-14)27-3)23-24-20(25)28-12-13-5-6-17(21)18(22)8-13/h4-6,8-11H,1,7,12H2,2-3H3. The fourth-order valence-corrected chi connectivity index (χ4v) is 3.83. The summed E-state index contributed by atoms with van der Waals surface area (Å²) >= 11 is 13.7. The van der Waals surface area contributed by atoms with E-state index in [0.29, 0.717) is 39.7 Å². The average molecular weight is 436 g/mol. The van der Waals surface area contributed by atoms with Gasteiger partial charge in [0.2, 0.25) is 0 Å². The first-order valence-electron chi connectivity index (χ1n) is 8.40. The summed E-state index contributed by atoms with van der Waals surface area (Å²) in [5.41, 5.74) is 1.91. The van der Waals surface area contributed by atoms with E-state index in [0.717, 1.165) is 16.3 Å². The number of benzene rings is 2. The smallest absolute Gasteiger partial charge is 0.192 e. The van der Waals surface area contributed by atoms with Crippen LogP contribution in [0, 0.1) is 0 Å². The van der Waals surface area contributed by atoms with Gasteiger partial charge in [0, 0.05) is 23.9 Å². The largest absolute Gasteiger partial charge is 0.497 e. The molecule has 0 saturated carbocycles. The van der Waals surface area contributed by atoms with Crippen LogP contribution in [0.25, 0.3) is 11.4 Å².